The molecule has 4 aromatic rings. The second-order valence-corrected chi connectivity index (χ2v) is 8.91. The number of aromatic nitrogens is 2. The van der Waals surface area contributed by atoms with Gasteiger partial charge in [-0.3, -0.25) is 14.9 Å². The number of carbonyl (C=O) groups is 2. The number of non-ortho nitro benzene ring substituents is 1. The molecule has 8 heteroatoms. The molecule has 0 radical (unpaired) electrons. The fourth-order valence-corrected chi connectivity index (χ4v) is 4.69. The minimum atomic E-state index is -0.505. The fourth-order valence-electron chi connectivity index (χ4n) is 4.69. The quantitative estimate of drug-likeness (QED) is 0.324. The van der Waals surface area contributed by atoms with E-state index in [9.17, 15) is 19.7 Å². The summed E-state index contributed by atoms with van der Waals surface area (Å²) in [6.45, 7) is 1.42. The molecule has 0 atom stereocenters. The molecule has 1 N–H and O–H groups in total. The van der Waals surface area contributed by atoms with E-state index >= 15 is 0 Å². The number of nitrogens with one attached hydrogen (secondary N) is 1. The van der Waals surface area contributed by atoms with E-state index < -0.39 is 4.92 Å². The summed E-state index contributed by atoms with van der Waals surface area (Å²) in [6.07, 6.45) is 4.50. The molecule has 5 rings (SSSR count). The zero-order valence-electron chi connectivity index (χ0n) is 19.1. The van der Waals surface area contributed by atoms with E-state index in [-0.39, 0.29) is 17.5 Å². The first-order valence-electron chi connectivity index (χ1n) is 11.6. The van der Waals surface area contributed by atoms with Gasteiger partial charge in [-0.15, -0.1) is 0 Å². The van der Waals surface area contributed by atoms with Gasteiger partial charge in [-0.1, -0.05) is 30.3 Å². The molecule has 1 amide bonds. The highest BCUT2D eigenvalue weighted by atomic mass is 16.6. The minimum Gasteiger partial charge on any atom is -0.339 e. The van der Waals surface area contributed by atoms with Crippen LogP contribution in [0.15, 0.2) is 79.1 Å². The molecule has 176 valence electrons. The molecule has 35 heavy (non-hydrogen) atoms. The summed E-state index contributed by atoms with van der Waals surface area (Å²) in [5, 5.41) is 10.9. The van der Waals surface area contributed by atoms with Crippen molar-refractivity contribution in [1.82, 2.24) is 9.47 Å². The molecule has 3 aromatic carbocycles. The number of nitro groups is 1. The van der Waals surface area contributed by atoms with Crippen LogP contribution in [0.1, 0.15) is 39.1 Å². The van der Waals surface area contributed by atoms with Crippen molar-refractivity contribution in [3.05, 3.63) is 106 Å². The number of nitrogens with zero attached hydrogens (tertiary/aromatic N) is 3. The monoisotopic (exact) mass is 469 g/mol. The van der Waals surface area contributed by atoms with Crippen molar-refractivity contribution in [3.8, 4) is 0 Å². The average Bonchev–Trinajstić information content (AvgIpc) is 3.32. The molecule has 1 aliphatic rings. The summed E-state index contributed by atoms with van der Waals surface area (Å²) >= 11 is 0. The summed E-state index contributed by atoms with van der Waals surface area (Å²) in [5.74, 6) is 0.188. The van der Waals surface area contributed by atoms with E-state index in [2.05, 4.69) is 29.2 Å². The van der Waals surface area contributed by atoms with Crippen LogP contribution >= 0.6 is 0 Å². The second-order valence-electron chi connectivity index (χ2n) is 8.91. The smallest absolute Gasteiger partial charge is 0.339 e. The van der Waals surface area contributed by atoms with Crippen molar-refractivity contribution in [3.63, 3.8) is 0 Å². The number of piperidine rings is 1. The van der Waals surface area contributed by atoms with E-state index in [0.29, 0.717) is 35.7 Å². The van der Waals surface area contributed by atoms with Crippen molar-refractivity contribution < 1.29 is 19.5 Å². The molecule has 1 saturated heterocycles. The molecular weight excluding hydrogens is 444 g/mol. The third-order valence-corrected chi connectivity index (χ3v) is 6.67. The van der Waals surface area contributed by atoms with Crippen molar-refractivity contribution in [2.45, 2.75) is 19.3 Å². The summed E-state index contributed by atoms with van der Waals surface area (Å²) in [5.41, 5.74) is 3.41. The number of H-pyrrole nitrogens is 1. The first-order chi connectivity index (χ1) is 17.0. The second kappa shape index (κ2) is 9.50. The molecular formula is C27H25N4O4+. The predicted octanol–water partition coefficient (Wildman–Crippen LogP) is 4.15. The van der Waals surface area contributed by atoms with Crippen LogP contribution in [0.5, 0.6) is 0 Å². The van der Waals surface area contributed by atoms with E-state index in [1.165, 1.54) is 40.7 Å². The lowest BCUT2D eigenvalue weighted by Gasteiger charge is -2.32. The number of carbonyl (C=O) groups excluding carboxylic acids is 2. The van der Waals surface area contributed by atoms with Crippen LogP contribution in [0.3, 0.4) is 0 Å². The van der Waals surface area contributed by atoms with E-state index in [4.69, 9.17) is 0 Å². The van der Waals surface area contributed by atoms with Gasteiger partial charge in [0, 0.05) is 36.9 Å². The van der Waals surface area contributed by atoms with Crippen LogP contribution in [0, 0.1) is 16.0 Å². The molecule has 2 heterocycles. The van der Waals surface area contributed by atoms with Gasteiger partial charge >= 0.3 is 5.91 Å². The SMILES string of the molecule is O=C(c1ccc2[nH+]cn(C(=O)c3ccc([N+](=O)[O-])cc3)c2c1)N1CCC(Cc2ccccc2)CC1. The maximum absolute atomic E-state index is 13.2. The Morgan fingerprint density at radius 3 is 2.29 bits per heavy atom. The van der Waals surface area contributed by atoms with Crippen LogP contribution in [-0.4, -0.2) is 39.3 Å². The fraction of sp³-hybridized carbons (Fsp3) is 0.222. The van der Waals surface area contributed by atoms with Crippen molar-refractivity contribution in [2.24, 2.45) is 5.92 Å². The van der Waals surface area contributed by atoms with Crippen LogP contribution in [-0.2, 0) is 6.42 Å². The highest BCUT2D eigenvalue weighted by Gasteiger charge is 2.26. The Kier molecular flexibility index (Phi) is 6.10. The minimum absolute atomic E-state index is 0.0411. The van der Waals surface area contributed by atoms with Gasteiger partial charge in [-0.2, -0.15) is 4.57 Å². The predicted molar refractivity (Wildman–Crippen MR) is 130 cm³/mol. The molecule has 0 aliphatic carbocycles. The van der Waals surface area contributed by atoms with Gasteiger partial charge in [0.25, 0.3) is 11.6 Å². The highest BCUT2D eigenvalue weighted by molar-refractivity contribution is 6.02. The molecule has 0 saturated carbocycles. The first-order valence-corrected chi connectivity index (χ1v) is 11.6. The normalized spacial score (nSPS) is 14.2. The molecule has 1 fully saturated rings. The number of hydrogen-bond acceptors (Lipinski definition) is 4. The summed E-state index contributed by atoms with van der Waals surface area (Å²) < 4.78 is 1.43. The third kappa shape index (κ3) is 4.68. The molecule has 0 spiro atoms. The highest BCUT2D eigenvalue weighted by Crippen LogP contribution is 2.24. The topological polar surface area (TPSA) is 99.6 Å². The van der Waals surface area contributed by atoms with E-state index in [1.807, 2.05) is 11.0 Å². The number of rotatable bonds is 5. The van der Waals surface area contributed by atoms with Gasteiger partial charge in [0.1, 0.15) is 0 Å². The molecule has 8 nitrogen and oxygen atoms in total. The van der Waals surface area contributed by atoms with Gasteiger partial charge in [0.05, 0.1) is 10.5 Å². The maximum Gasteiger partial charge on any atom is 0.346 e. The summed E-state index contributed by atoms with van der Waals surface area (Å²) in [4.78, 5) is 41.6. The first kappa shape index (κ1) is 22.5. The zero-order chi connectivity index (χ0) is 24.4. The van der Waals surface area contributed by atoms with E-state index in [1.54, 1.807) is 18.2 Å². The van der Waals surface area contributed by atoms with Gasteiger partial charge in [0.2, 0.25) is 6.33 Å². The number of amides is 1. The van der Waals surface area contributed by atoms with Crippen LogP contribution < -0.4 is 4.98 Å². The van der Waals surface area contributed by atoms with Crippen LogP contribution in [0.25, 0.3) is 11.0 Å². The van der Waals surface area contributed by atoms with Gasteiger partial charge < -0.3 is 4.90 Å². The number of fused-ring (bicyclic) bond motifs is 1. The van der Waals surface area contributed by atoms with Gasteiger partial charge in [-0.05, 0) is 55.0 Å². The maximum atomic E-state index is 13.2. The largest absolute Gasteiger partial charge is 0.346 e. The van der Waals surface area contributed by atoms with Crippen LogP contribution in [0.4, 0.5) is 5.69 Å². The van der Waals surface area contributed by atoms with Gasteiger partial charge in [-0.25, -0.2) is 9.78 Å². The van der Waals surface area contributed by atoms with Crippen molar-refractivity contribution in [2.75, 3.05) is 13.1 Å². The van der Waals surface area contributed by atoms with Crippen molar-refractivity contribution >= 4 is 28.5 Å². The third-order valence-electron chi connectivity index (χ3n) is 6.67. The zero-order valence-corrected chi connectivity index (χ0v) is 19.1. The molecule has 1 aliphatic heterocycles. The van der Waals surface area contributed by atoms with E-state index in [0.717, 1.165) is 24.8 Å². The Morgan fingerprint density at radius 1 is 0.914 bits per heavy atom. The number of aromatic amines is 1. The summed E-state index contributed by atoms with van der Waals surface area (Å²) in [6, 6.07) is 21.2. The molecule has 0 unspecified atom stereocenters. The Bertz CT molecular complexity index is 1390. The lowest BCUT2D eigenvalue weighted by atomic mass is 9.90. The standard InChI is InChI=1S/C27H24N4O4/c32-26(29-14-12-20(13-15-29)16-19-4-2-1-3-5-19)22-8-11-24-25(17-22)30(18-28-24)27(33)21-6-9-23(10-7-21)31(34)35/h1-11,17-18,20H,12-16H2/p+1. The lowest BCUT2D eigenvalue weighted by Crippen LogP contribution is -2.38. The molecule has 1 aromatic heterocycles. The van der Waals surface area contributed by atoms with Crippen LogP contribution in [0.2, 0.25) is 0 Å². The van der Waals surface area contributed by atoms with Gasteiger partial charge in [0.15, 0.2) is 11.0 Å². The molecule has 0 bridgehead atoms. The summed E-state index contributed by atoms with van der Waals surface area (Å²) in [7, 11) is 0. The number of benzene rings is 3. The number of hydrogen-bond donors (Lipinski definition) is 0. The Hall–Kier alpha value is -4.33. The number of likely N-dealkylation sites (tertiary alicyclic amines) is 1. The number of nitro benzene ring substituents is 1. The Balaban J connectivity index is 1.30. The Labute approximate surface area is 202 Å². The average molecular weight is 470 g/mol. The Morgan fingerprint density at radius 2 is 1.60 bits per heavy atom. The number of imidazole rings is 1. The van der Waals surface area contributed by atoms with Crippen molar-refractivity contribution in [1.29, 1.82) is 0 Å². The lowest BCUT2D eigenvalue weighted by molar-refractivity contribution is -0.384.